The minimum Gasteiger partial charge on any atom is -0.299 e. The summed E-state index contributed by atoms with van der Waals surface area (Å²) < 4.78 is 1.80. The van der Waals surface area contributed by atoms with Crippen LogP contribution in [0.3, 0.4) is 0 Å². The van der Waals surface area contributed by atoms with E-state index in [1.54, 1.807) is 4.68 Å². The van der Waals surface area contributed by atoms with Crippen molar-refractivity contribution in [3.8, 4) is 0 Å². The predicted octanol–water partition coefficient (Wildman–Crippen LogP) is 2.38. The summed E-state index contributed by atoms with van der Waals surface area (Å²) in [6.45, 7) is 2.80. The smallest absolute Gasteiger partial charge is 0.140 e. The Bertz CT molecular complexity index is 366. The van der Waals surface area contributed by atoms with Gasteiger partial charge in [0.2, 0.25) is 0 Å². The van der Waals surface area contributed by atoms with Crippen molar-refractivity contribution in [3.05, 3.63) is 12.2 Å². The maximum absolute atomic E-state index is 11.9. The van der Waals surface area contributed by atoms with Crippen molar-refractivity contribution < 1.29 is 4.79 Å². The molecule has 0 aliphatic heterocycles. The molecule has 0 atom stereocenters. The van der Waals surface area contributed by atoms with Crippen LogP contribution in [0.5, 0.6) is 0 Å². The first-order chi connectivity index (χ1) is 8.29. The number of aromatic nitrogens is 3. The Kier molecular flexibility index (Phi) is 4.29. The van der Waals surface area contributed by atoms with Crippen molar-refractivity contribution in [1.82, 2.24) is 14.8 Å². The van der Waals surface area contributed by atoms with Gasteiger partial charge in [-0.2, -0.15) is 5.10 Å². The number of aryl methyl sites for hydroxylation is 1. The Balaban J connectivity index is 1.76. The lowest BCUT2D eigenvalue weighted by atomic mass is 9.99. The summed E-state index contributed by atoms with van der Waals surface area (Å²) in [5.41, 5.74) is 0. The number of carbonyl (C=O) groups is 1. The van der Waals surface area contributed by atoms with Gasteiger partial charge in [0.15, 0.2) is 0 Å². The molecule has 0 amide bonds. The molecule has 17 heavy (non-hydrogen) atoms. The fourth-order valence-electron chi connectivity index (χ4n) is 2.62. The van der Waals surface area contributed by atoms with Crippen molar-refractivity contribution in [2.75, 3.05) is 0 Å². The molecule has 4 nitrogen and oxygen atoms in total. The monoisotopic (exact) mass is 235 g/mol. The molecule has 0 saturated heterocycles. The fraction of sp³-hybridized carbons (Fsp3) is 0.769. The summed E-state index contributed by atoms with van der Waals surface area (Å²) in [7, 11) is 0. The number of hydrogen-bond donors (Lipinski definition) is 0. The van der Waals surface area contributed by atoms with E-state index >= 15 is 0 Å². The van der Waals surface area contributed by atoms with E-state index in [0.29, 0.717) is 18.6 Å². The van der Waals surface area contributed by atoms with E-state index in [9.17, 15) is 4.79 Å². The minimum absolute atomic E-state index is 0.305. The highest BCUT2D eigenvalue weighted by molar-refractivity contribution is 5.80. The molecule has 0 spiro atoms. The third-order valence-corrected chi connectivity index (χ3v) is 3.66. The first-order valence-corrected chi connectivity index (χ1v) is 6.68. The van der Waals surface area contributed by atoms with Crippen LogP contribution in [0.1, 0.15) is 51.3 Å². The Morgan fingerprint density at radius 3 is 2.94 bits per heavy atom. The van der Waals surface area contributed by atoms with Gasteiger partial charge in [0.1, 0.15) is 17.9 Å². The average Bonchev–Trinajstić information content (AvgIpc) is 2.97. The topological polar surface area (TPSA) is 47.8 Å². The summed E-state index contributed by atoms with van der Waals surface area (Å²) >= 11 is 0. The standard InChI is InChI=1S/C13H21N3O/c1-2-16-13(14-10-15-16)9-12(17)8-7-11-5-3-4-6-11/h10-11H,2-9H2,1H3. The Labute approximate surface area is 102 Å². The molecule has 1 aromatic rings. The van der Waals surface area contributed by atoms with Crippen LogP contribution in [-0.2, 0) is 17.8 Å². The second kappa shape index (κ2) is 5.94. The number of rotatable bonds is 6. The zero-order valence-corrected chi connectivity index (χ0v) is 10.6. The van der Waals surface area contributed by atoms with Gasteiger partial charge in [-0.05, 0) is 19.3 Å². The predicted molar refractivity (Wildman–Crippen MR) is 65.6 cm³/mol. The molecular formula is C13H21N3O. The summed E-state index contributed by atoms with van der Waals surface area (Å²) in [5.74, 6) is 1.91. The summed E-state index contributed by atoms with van der Waals surface area (Å²) in [6, 6.07) is 0. The highest BCUT2D eigenvalue weighted by atomic mass is 16.1. The van der Waals surface area contributed by atoms with E-state index in [4.69, 9.17) is 0 Å². The lowest BCUT2D eigenvalue weighted by Crippen LogP contribution is -2.11. The second-order valence-corrected chi connectivity index (χ2v) is 4.90. The molecular weight excluding hydrogens is 214 g/mol. The van der Waals surface area contributed by atoms with E-state index in [1.807, 2.05) is 6.92 Å². The molecule has 1 fully saturated rings. The number of hydrogen-bond acceptors (Lipinski definition) is 3. The molecule has 0 aromatic carbocycles. The van der Waals surface area contributed by atoms with Gasteiger partial charge < -0.3 is 0 Å². The lowest BCUT2D eigenvalue weighted by molar-refractivity contribution is -0.118. The Morgan fingerprint density at radius 2 is 2.24 bits per heavy atom. The minimum atomic E-state index is 0.305. The molecule has 0 N–H and O–H groups in total. The zero-order chi connectivity index (χ0) is 12.1. The molecule has 1 heterocycles. The van der Waals surface area contributed by atoms with Crippen LogP contribution in [0, 0.1) is 5.92 Å². The van der Waals surface area contributed by atoms with Crippen molar-refractivity contribution in [1.29, 1.82) is 0 Å². The van der Waals surface area contributed by atoms with Gasteiger partial charge in [-0.1, -0.05) is 25.7 Å². The van der Waals surface area contributed by atoms with Crippen LogP contribution in [0.25, 0.3) is 0 Å². The van der Waals surface area contributed by atoms with Crippen molar-refractivity contribution >= 4 is 5.78 Å². The van der Waals surface area contributed by atoms with Crippen LogP contribution in [-0.4, -0.2) is 20.5 Å². The van der Waals surface area contributed by atoms with Crippen LogP contribution in [0.15, 0.2) is 6.33 Å². The van der Waals surface area contributed by atoms with Crippen molar-refractivity contribution in [2.45, 2.75) is 58.4 Å². The Hall–Kier alpha value is -1.19. The number of ketones is 1. The molecule has 0 bridgehead atoms. The van der Waals surface area contributed by atoms with E-state index in [2.05, 4.69) is 10.1 Å². The zero-order valence-electron chi connectivity index (χ0n) is 10.6. The molecule has 0 radical (unpaired) electrons. The molecule has 94 valence electrons. The molecule has 1 aromatic heterocycles. The highest BCUT2D eigenvalue weighted by Crippen LogP contribution is 2.28. The molecule has 1 saturated carbocycles. The quantitative estimate of drug-likeness (QED) is 0.760. The second-order valence-electron chi connectivity index (χ2n) is 4.90. The van der Waals surface area contributed by atoms with Gasteiger partial charge in [0.05, 0.1) is 6.42 Å². The van der Waals surface area contributed by atoms with Crippen molar-refractivity contribution in [3.63, 3.8) is 0 Å². The van der Waals surface area contributed by atoms with Gasteiger partial charge in [-0.3, -0.25) is 4.79 Å². The van der Waals surface area contributed by atoms with E-state index in [0.717, 1.165) is 24.7 Å². The summed E-state index contributed by atoms with van der Waals surface area (Å²) in [6.07, 6.45) is 9.09. The third-order valence-electron chi connectivity index (χ3n) is 3.66. The van der Waals surface area contributed by atoms with E-state index in [-0.39, 0.29) is 0 Å². The largest absolute Gasteiger partial charge is 0.299 e. The fourth-order valence-corrected chi connectivity index (χ4v) is 2.62. The van der Waals surface area contributed by atoms with Gasteiger partial charge in [0, 0.05) is 13.0 Å². The molecule has 1 aliphatic carbocycles. The van der Waals surface area contributed by atoms with Crippen LogP contribution >= 0.6 is 0 Å². The first kappa shape index (κ1) is 12.3. The lowest BCUT2D eigenvalue weighted by Gasteiger charge is -2.07. The van der Waals surface area contributed by atoms with E-state index in [1.165, 1.54) is 32.0 Å². The SMILES string of the molecule is CCn1ncnc1CC(=O)CCC1CCCC1. The third kappa shape index (κ3) is 3.38. The maximum atomic E-state index is 11.9. The highest BCUT2D eigenvalue weighted by Gasteiger charge is 2.17. The summed E-state index contributed by atoms with van der Waals surface area (Å²) in [4.78, 5) is 16.0. The van der Waals surface area contributed by atoms with Gasteiger partial charge in [0.25, 0.3) is 0 Å². The number of nitrogens with zero attached hydrogens (tertiary/aromatic N) is 3. The van der Waals surface area contributed by atoms with Gasteiger partial charge in [-0.15, -0.1) is 0 Å². The maximum Gasteiger partial charge on any atom is 0.140 e. The van der Waals surface area contributed by atoms with Crippen LogP contribution < -0.4 is 0 Å². The number of carbonyl (C=O) groups excluding carboxylic acids is 1. The molecule has 0 unspecified atom stereocenters. The normalized spacial score (nSPS) is 16.5. The summed E-state index contributed by atoms with van der Waals surface area (Å²) in [5, 5.41) is 4.08. The molecule has 2 rings (SSSR count). The van der Waals surface area contributed by atoms with Gasteiger partial charge >= 0.3 is 0 Å². The number of Topliss-reactive ketones (excluding diaryl/α,β-unsaturated/α-hetero) is 1. The van der Waals surface area contributed by atoms with Crippen LogP contribution in [0.4, 0.5) is 0 Å². The van der Waals surface area contributed by atoms with Crippen molar-refractivity contribution in [2.24, 2.45) is 5.92 Å². The molecule has 1 aliphatic rings. The van der Waals surface area contributed by atoms with Crippen LogP contribution in [0.2, 0.25) is 0 Å². The van der Waals surface area contributed by atoms with Gasteiger partial charge in [-0.25, -0.2) is 9.67 Å². The average molecular weight is 235 g/mol. The molecule has 4 heteroatoms. The first-order valence-electron chi connectivity index (χ1n) is 6.68. The Morgan fingerprint density at radius 1 is 1.47 bits per heavy atom. The van der Waals surface area contributed by atoms with E-state index < -0.39 is 0 Å².